The first kappa shape index (κ1) is 49.2. The quantitative estimate of drug-likeness (QED) is 0.0716. The van der Waals surface area contributed by atoms with Gasteiger partial charge in [-0.05, 0) is 144 Å². The van der Waals surface area contributed by atoms with Gasteiger partial charge in [0, 0.05) is 66.5 Å². The number of rotatable bonds is 16. The van der Waals surface area contributed by atoms with Crippen molar-refractivity contribution in [2.24, 2.45) is 5.92 Å². The average molecular weight is 965 g/mol. The van der Waals surface area contributed by atoms with E-state index in [2.05, 4.69) is 117 Å². The largest absolute Gasteiger partial charge is 0.453 e. The molecule has 12 nitrogen and oxygen atoms in total. The number of ether oxygens (including phenoxy) is 2. The van der Waals surface area contributed by atoms with Gasteiger partial charge in [-0.25, -0.2) is 0 Å². The molecule has 362 valence electrons. The molecule has 3 aromatic carbocycles. The summed E-state index contributed by atoms with van der Waals surface area (Å²) in [7, 11) is -6.49. The molecule has 8 rings (SSSR count). The van der Waals surface area contributed by atoms with Crippen LogP contribution in [0.1, 0.15) is 113 Å². The van der Waals surface area contributed by atoms with Gasteiger partial charge in [-0.15, -0.1) is 0 Å². The van der Waals surface area contributed by atoms with Gasteiger partial charge in [0.1, 0.15) is 18.1 Å². The molecule has 3 N–H and O–H groups in total. The zero-order valence-corrected chi connectivity index (χ0v) is 42.1. The summed E-state index contributed by atoms with van der Waals surface area (Å²) in [5.74, 6) is 2.34. The number of anilines is 1. The van der Waals surface area contributed by atoms with Gasteiger partial charge < -0.3 is 19.7 Å². The Balaban J connectivity index is 1.23. The second-order valence-electron chi connectivity index (χ2n) is 20.1. The monoisotopic (exact) mass is 964 g/mol. The maximum atomic E-state index is 12.3. The summed E-state index contributed by atoms with van der Waals surface area (Å²) in [5, 5.41) is 2.72. The summed E-state index contributed by atoms with van der Waals surface area (Å²) in [6, 6.07) is 18.9. The predicted molar refractivity (Wildman–Crippen MR) is 268 cm³/mol. The Morgan fingerprint density at radius 3 is 2.19 bits per heavy atom. The highest BCUT2D eigenvalue weighted by molar-refractivity contribution is 7.86. The summed E-state index contributed by atoms with van der Waals surface area (Å²) in [5.41, 5.74) is 12.5. The lowest BCUT2D eigenvalue weighted by Crippen LogP contribution is -2.28. The molecule has 0 saturated carbocycles. The SMILES string of the molecule is CNC(=O)CCc1ccc2c(c1)OC1=C3C(=C(/C=C/C4=[N+](CCCCS(=O)(=O)O)c5ccc(C)cc5C4(C)C)CCC3CC/C1=C\C=C1\N(CCCCS(=O)(=O)O)c3ccc(C)cc3C1(C)C)O2. The summed E-state index contributed by atoms with van der Waals surface area (Å²) in [4.78, 5) is 14.6. The molecule has 5 aliphatic rings. The fourth-order valence-electron chi connectivity index (χ4n) is 10.7. The molecule has 2 aliphatic carbocycles. The van der Waals surface area contributed by atoms with E-state index in [4.69, 9.17) is 9.47 Å². The number of benzene rings is 3. The minimum absolute atomic E-state index is 0.0409. The lowest BCUT2D eigenvalue weighted by atomic mass is 9.74. The molecule has 1 atom stereocenters. The van der Waals surface area contributed by atoms with Crippen molar-refractivity contribution < 1.29 is 44.8 Å². The zero-order valence-electron chi connectivity index (χ0n) is 40.4. The van der Waals surface area contributed by atoms with Crippen molar-refractivity contribution >= 4 is 43.2 Å². The number of amides is 1. The Morgan fingerprint density at radius 1 is 0.794 bits per heavy atom. The predicted octanol–water partition coefficient (Wildman–Crippen LogP) is 10.0. The van der Waals surface area contributed by atoms with Crippen molar-refractivity contribution in [3.05, 3.63) is 141 Å². The number of nitrogens with one attached hydrogen (secondary N) is 1. The molecule has 0 bridgehead atoms. The summed E-state index contributed by atoms with van der Waals surface area (Å²) >= 11 is 0. The Hall–Kier alpha value is -5.28. The number of hydrogen-bond donors (Lipinski definition) is 3. The van der Waals surface area contributed by atoms with Crippen LogP contribution in [0.4, 0.5) is 11.4 Å². The molecular weight excluding hydrogens is 899 g/mol. The molecule has 1 unspecified atom stereocenters. The smallest absolute Gasteiger partial charge is 0.264 e. The first-order valence-corrected chi connectivity index (χ1v) is 27.2. The number of carbonyl (C=O) groups is 1. The number of aryl methyl sites for hydroxylation is 3. The lowest BCUT2D eigenvalue weighted by molar-refractivity contribution is -0.438. The van der Waals surface area contributed by atoms with Crippen LogP contribution in [0.3, 0.4) is 0 Å². The molecule has 3 aliphatic heterocycles. The van der Waals surface area contributed by atoms with Gasteiger partial charge in [-0.2, -0.15) is 21.4 Å². The fourth-order valence-corrected chi connectivity index (χ4v) is 11.8. The van der Waals surface area contributed by atoms with Gasteiger partial charge in [0.25, 0.3) is 20.2 Å². The molecule has 0 saturated heterocycles. The Labute approximate surface area is 402 Å². The van der Waals surface area contributed by atoms with Crippen molar-refractivity contribution in [3.8, 4) is 11.5 Å². The van der Waals surface area contributed by atoms with Gasteiger partial charge in [-0.1, -0.05) is 55.3 Å². The van der Waals surface area contributed by atoms with Gasteiger partial charge in [0.05, 0.1) is 16.9 Å². The van der Waals surface area contributed by atoms with Crippen molar-refractivity contribution in [2.75, 3.05) is 36.5 Å². The Bertz CT molecular complexity index is 2950. The summed E-state index contributed by atoms with van der Waals surface area (Å²) in [6.45, 7) is 14.3. The van der Waals surface area contributed by atoms with E-state index in [1.807, 2.05) is 18.2 Å². The minimum Gasteiger partial charge on any atom is -0.453 e. The number of allylic oxidation sites excluding steroid dienone is 8. The second-order valence-corrected chi connectivity index (χ2v) is 23.2. The number of carbonyl (C=O) groups excluding carboxylic acids is 1. The molecule has 0 aromatic heterocycles. The molecule has 14 heteroatoms. The molecule has 0 radical (unpaired) electrons. The lowest BCUT2D eigenvalue weighted by Gasteiger charge is -2.33. The van der Waals surface area contributed by atoms with Crippen LogP contribution in [0.25, 0.3) is 0 Å². The van der Waals surface area contributed by atoms with E-state index in [0.717, 1.165) is 93.4 Å². The first-order chi connectivity index (χ1) is 32.1. The highest BCUT2D eigenvalue weighted by Gasteiger charge is 2.45. The third-order valence-corrected chi connectivity index (χ3v) is 16.0. The van der Waals surface area contributed by atoms with Crippen LogP contribution in [0.15, 0.2) is 113 Å². The van der Waals surface area contributed by atoms with Crippen molar-refractivity contribution in [1.29, 1.82) is 0 Å². The van der Waals surface area contributed by atoms with E-state index in [0.29, 0.717) is 63.1 Å². The third-order valence-electron chi connectivity index (χ3n) is 14.4. The van der Waals surface area contributed by atoms with Gasteiger partial charge >= 0.3 is 0 Å². The maximum Gasteiger partial charge on any atom is 0.264 e. The summed E-state index contributed by atoms with van der Waals surface area (Å²) in [6.07, 6.45) is 14.9. The van der Waals surface area contributed by atoms with Crippen molar-refractivity contribution in [2.45, 2.75) is 117 Å². The van der Waals surface area contributed by atoms with E-state index < -0.39 is 20.2 Å². The second kappa shape index (κ2) is 19.3. The number of fused-ring (bicyclic) bond motifs is 3. The van der Waals surface area contributed by atoms with Crippen LogP contribution in [-0.4, -0.2) is 73.8 Å². The van der Waals surface area contributed by atoms with E-state index in [-0.39, 0.29) is 34.2 Å². The standard InChI is InChI=1S/C54H65N3O9S2/c1-35-12-22-43-41(32-35)53(3,4)47(56(43)28-8-10-30-67(59,60)61)25-20-39-18-16-38-17-19-40(52-50(38)51(39)65-45-24-14-37(34-46(45)66-52)15-27-49(58)55-7)21-26-48-54(5,6)42-33-36(2)13-23-44(42)57(48)29-9-11-31-68(62,63)64/h12-14,20-26,32-34,38H,8-11,15-19,27-31H2,1-7H3,(H2-,55,58,59,60,61,62,63,64)/p+1. The van der Waals surface area contributed by atoms with Crippen molar-refractivity contribution in [3.63, 3.8) is 0 Å². The van der Waals surface area contributed by atoms with Gasteiger partial charge in [0.15, 0.2) is 17.2 Å². The number of hydrogen-bond acceptors (Lipinski definition) is 8. The highest BCUT2D eigenvalue weighted by atomic mass is 32.2. The molecule has 0 fully saturated rings. The van der Waals surface area contributed by atoms with Crippen molar-refractivity contribution in [1.82, 2.24) is 5.32 Å². The van der Waals surface area contributed by atoms with Crippen LogP contribution in [0.5, 0.6) is 11.5 Å². The van der Waals surface area contributed by atoms with Crippen LogP contribution in [-0.2, 0) is 42.3 Å². The zero-order chi connectivity index (χ0) is 48.8. The minimum atomic E-state index is -4.07. The average Bonchev–Trinajstić information content (AvgIpc) is 3.50. The van der Waals surface area contributed by atoms with E-state index in [1.54, 1.807) is 7.05 Å². The van der Waals surface area contributed by atoms with Gasteiger partial charge in [0.2, 0.25) is 11.6 Å². The Kier molecular flexibility index (Phi) is 13.9. The topological polar surface area (TPSA) is 163 Å². The summed E-state index contributed by atoms with van der Waals surface area (Å²) < 4.78 is 81.8. The molecule has 3 heterocycles. The number of nitrogens with zero attached hydrogens (tertiary/aromatic N) is 2. The molecule has 1 amide bonds. The van der Waals surface area contributed by atoms with Gasteiger partial charge in [-0.3, -0.25) is 13.9 Å². The van der Waals surface area contributed by atoms with E-state index in [1.165, 1.54) is 11.1 Å². The molecule has 68 heavy (non-hydrogen) atoms. The van der Waals surface area contributed by atoms with E-state index in [9.17, 15) is 30.7 Å². The first-order valence-electron chi connectivity index (χ1n) is 24.0. The fraction of sp³-hybridized carbons (Fsp3) is 0.444. The normalized spacial score (nSPS) is 20.6. The number of unbranched alkanes of at least 4 members (excludes halogenated alkanes) is 2. The highest BCUT2D eigenvalue weighted by Crippen LogP contribution is 2.52. The molecule has 3 aromatic rings. The molecule has 0 spiro atoms. The van der Waals surface area contributed by atoms with Crippen LogP contribution in [0.2, 0.25) is 0 Å². The van der Waals surface area contributed by atoms with Crippen LogP contribution in [0, 0.1) is 19.8 Å². The Morgan fingerprint density at radius 2 is 1.47 bits per heavy atom. The molecular formula is C54H66N3O9S2+. The maximum absolute atomic E-state index is 12.3. The van der Waals surface area contributed by atoms with Crippen LogP contribution < -0.4 is 19.7 Å². The third kappa shape index (κ3) is 10.3. The van der Waals surface area contributed by atoms with E-state index >= 15 is 0 Å². The van der Waals surface area contributed by atoms with Crippen LogP contribution >= 0.6 is 0 Å².